The van der Waals surface area contributed by atoms with Crippen LogP contribution >= 0.6 is 0 Å². The third-order valence-corrected chi connectivity index (χ3v) is 4.58. The molecule has 0 fully saturated rings. The van der Waals surface area contributed by atoms with Crippen molar-refractivity contribution < 1.29 is 18.0 Å². The zero-order valence-corrected chi connectivity index (χ0v) is 13.5. The van der Waals surface area contributed by atoms with E-state index in [1.54, 1.807) is 18.2 Å². The summed E-state index contributed by atoms with van der Waals surface area (Å²) in [6.45, 7) is -0.200. The zero-order valence-electron chi connectivity index (χ0n) is 13.5. The summed E-state index contributed by atoms with van der Waals surface area (Å²) in [6.07, 6.45) is -2.48. The number of hydrogen-bond donors (Lipinski definition) is 2. The van der Waals surface area contributed by atoms with Crippen molar-refractivity contribution in [2.24, 2.45) is 5.92 Å². The Balaban J connectivity index is 1.47. The minimum Gasteiger partial charge on any atom is -0.345 e. The number of aromatic amines is 1. The van der Waals surface area contributed by atoms with Gasteiger partial charge >= 0.3 is 6.18 Å². The van der Waals surface area contributed by atoms with Gasteiger partial charge in [-0.15, -0.1) is 10.2 Å². The summed E-state index contributed by atoms with van der Waals surface area (Å²) >= 11 is 0. The lowest BCUT2D eigenvalue weighted by Crippen LogP contribution is -2.33. The standard InChI is InChI=1S/C16H15F3N6O/c17-16(18,19)10-2-4-13-23-24-14(25(13)7-10)6-20-15(26)9-1-3-11-12(5-9)22-8-21-11/h1,3,5,8,10H,2,4,6-7H2,(H,20,26)(H,21,22)/t10-/m0/s1. The first-order valence-corrected chi connectivity index (χ1v) is 8.11. The van der Waals surface area contributed by atoms with Crippen molar-refractivity contribution in [1.82, 2.24) is 30.0 Å². The van der Waals surface area contributed by atoms with Crippen LogP contribution in [0.4, 0.5) is 13.2 Å². The molecule has 7 nitrogen and oxygen atoms in total. The normalized spacial score (nSPS) is 17.3. The number of carbonyl (C=O) groups excluding carboxylic acids is 1. The highest BCUT2D eigenvalue weighted by molar-refractivity contribution is 5.97. The molecule has 0 bridgehead atoms. The number of aryl methyl sites for hydroxylation is 1. The molecule has 1 atom stereocenters. The quantitative estimate of drug-likeness (QED) is 0.746. The fourth-order valence-corrected chi connectivity index (χ4v) is 3.12. The highest BCUT2D eigenvalue weighted by Gasteiger charge is 2.42. The topological polar surface area (TPSA) is 88.5 Å². The molecule has 0 spiro atoms. The van der Waals surface area contributed by atoms with Crippen LogP contribution in [-0.2, 0) is 19.5 Å². The van der Waals surface area contributed by atoms with Crippen LogP contribution in [0.5, 0.6) is 0 Å². The van der Waals surface area contributed by atoms with Gasteiger partial charge in [-0.3, -0.25) is 4.79 Å². The summed E-state index contributed by atoms with van der Waals surface area (Å²) in [6, 6.07) is 5.02. The summed E-state index contributed by atoms with van der Waals surface area (Å²) in [5.74, 6) is -0.913. The van der Waals surface area contributed by atoms with Crippen LogP contribution in [0.15, 0.2) is 24.5 Å². The average Bonchev–Trinajstić information content (AvgIpc) is 3.24. The molecule has 1 aliphatic rings. The number of aromatic nitrogens is 5. The van der Waals surface area contributed by atoms with Crippen LogP contribution < -0.4 is 5.32 Å². The molecule has 1 aromatic carbocycles. The van der Waals surface area contributed by atoms with Gasteiger partial charge in [0.2, 0.25) is 0 Å². The van der Waals surface area contributed by atoms with Crippen molar-refractivity contribution in [3.8, 4) is 0 Å². The number of benzene rings is 1. The third kappa shape index (κ3) is 3.02. The van der Waals surface area contributed by atoms with Gasteiger partial charge in [0.1, 0.15) is 5.82 Å². The van der Waals surface area contributed by atoms with Gasteiger partial charge in [-0.25, -0.2) is 4.98 Å². The first-order chi connectivity index (χ1) is 12.4. The molecule has 0 aliphatic carbocycles. The first kappa shape index (κ1) is 16.6. The number of H-pyrrole nitrogens is 1. The Morgan fingerprint density at radius 2 is 2.19 bits per heavy atom. The molecule has 4 rings (SSSR count). The number of halogens is 3. The highest BCUT2D eigenvalue weighted by atomic mass is 19.4. The maximum atomic E-state index is 13.0. The van der Waals surface area contributed by atoms with Crippen LogP contribution in [0, 0.1) is 5.92 Å². The third-order valence-electron chi connectivity index (χ3n) is 4.58. The fourth-order valence-electron chi connectivity index (χ4n) is 3.12. The monoisotopic (exact) mass is 364 g/mol. The molecule has 2 aromatic heterocycles. The Labute approximate surface area is 145 Å². The van der Waals surface area contributed by atoms with Crippen molar-refractivity contribution in [1.29, 1.82) is 0 Å². The van der Waals surface area contributed by atoms with Gasteiger partial charge in [0.25, 0.3) is 5.91 Å². The maximum Gasteiger partial charge on any atom is 0.393 e. The second kappa shape index (κ2) is 6.11. The molecular weight excluding hydrogens is 349 g/mol. The van der Waals surface area contributed by atoms with Gasteiger partial charge in [-0.1, -0.05) is 0 Å². The molecule has 3 aromatic rings. The van der Waals surface area contributed by atoms with E-state index < -0.39 is 12.1 Å². The maximum absolute atomic E-state index is 13.0. The Morgan fingerprint density at radius 1 is 1.35 bits per heavy atom. The van der Waals surface area contributed by atoms with Crippen LogP contribution in [0.2, 0.25) is 0 Å². The second-order valence-corrected chi connectivity index (χ2v) is 6.24. The minimum absolute atomic E-state index is 0.0113. The molecule has 136 valence electrons. The van der Waals surface area contributed by atoms with Crippen molar-refractivity contribution in [2.45, 2.75) is 32.1 Å². The molecule has 0 saturated heterocycles. The van der Waals surface area contributed by atoms with E-state index in [2.05, 4.69) is 25.5 Å². The number of nitrogens with zero attached hydrogens (tertiary/aromatic N) is 4. The Bertz CT molecular complexity index is 960. The predicted molar refractivity (Wildman–Crippen MR) is 85.2 cm³/mol. The minimum atomic E-state index is -4.25. The highest BCUT2D eigenvalue weighted by Crippen LogP contribution is 2.34. The van der Waals surface area contributed by atoms with Gasteiger partial charge in [0.15, 0.2) is 5.82 Å². The van der Waals surface area contributed by atoms with Crippen molar-refractivity contribution >= 4 is 16.9 Å². The van der Waals surface area contributed by atoms with Crippen LogP contribution in [0.25, 0.3) is 11.0 Å². The Kier molecular flexibility index (Phi) is 3.89. The van der Waals surface area contributed by atoms with Crippen LogP contribution in [0.1, 0.15) is 28.4 Å². The molecule has 26 heavy (non-hydrogen) atoms. The molecule has 10 heteroatoms. The van der Waals surface area contributed by atoms with Gasteiger partial charge in [-0.05, 0) is 24.6 Å². The van der Waals surface area contributed by atoms with Gasteiger partial charge in [-0.2, -0.15) is 13.2 Å². The number of nitrogens with one attached hydrogen (secondary N) is 2. The van der Waals surface area contributed by atoms with Gasteiger partial charge < -0.3 is 14.9 Å². The lowest BCUT2D eigenvalue weighted by molar-refractivity contribution is -0.182. The predicted octanol–water partition coefficient (Wildman–Crippen LogP) is 2.21. The van der Waals surface area contributed by atoms with E-state index in [4.69, 9.17) is 0 Å². The van der Waals surface area contributed by atoms with E-state index in [0.717, 1.165) is 11.0 Å². The Hall–Kier alpha value is -2.91. The summed E-state index contributed by atoms with van der Waals surface area (Å²) in [7, 11) is 0. The number of alkyl halides is 3. The van der Waals surface area contributed by atoms with E-state index in [1.165, 1.54) is 10.9 Å². The Morgan fingerprint density at radius 3 is 3.00 bits per heavy atom. The molecule has 0 radical (unpaired) electrons. The summed E-state index contributed by atoms with van der Waals surface area (Å²) < 4.78 is 40.4. The van der Waals surface area contributed by atoms with Crippen molar-refractivity contribution in [3.05, 3.63) is 41.7 Å². The molecule has 3 heterocycles. The van der Waals surface area contributed by atoms with E-state index in [9.17, 15) is 18.0 Å². The van der Waals surface area contributed by atoms with E-state index >= 15 is 0 Å². The van der Waals surface area contributed by atoms with Crippen molar-refractivity contribution in [2.75, 3.05) is 0 Å². The van der Waals surface area contributed by atoms with E-state index in [1.807, 2.05) is 0 Å². The number of rotatable bonds is 3. The van der Waals surface area contributed by atoms with Crippen LogP contribution in [-0.4, -0.2) is 36.8 Å². The molecule has 1 aliphatic heterocycles. The van der Waals surface area contributed by atoms with Gasteiger partial charge in [0, 0.05) is 18.5 Å². The lowest BCUT2D eigenvalue weighted by Gasteiger charge is -2.26. The number of imidazole rings is 1. The SMILES string of the molecule is O=C(NCc1nnc2n1C[C@@H](C(F)(F)F)CC2)c1ccc2nc[nH]c2c1. The van der Waals surface area contributed by atoms with Gasteiger partial charge in [0.05, 0.1) is 29.8 Å². The van der Waals surface area contributed by atoms with E-state index in [-0.39, 0.29) is 31.8 Å². The fraction of sp³-hybridized carbons (Fsp3) is 0.375. The van der Waals surface area contributed by atoms with E-state index in [0.29, 0.717) is 17.2 Å². The lowest BCUT2D eigenvalue weighted by atomic mass is 9.99. The molecule has 2 N–H and O–H groups in total. The summed E-state index contributed by atoms with van der Waals surface area (Å²) in [5.41, 5.74) is 1.89. The second-order valence-electron chi connectivity index (χ2n) is 6.24. The average molecular weight is 364 g/mol. The van der Waals surface area contributed by atoms with Crippen molar-refractivity contribution in [3.63, 3.8) is 0 Å². The molecule has 0 saturated carbocycles. The molecule has 0 unspecified atom stereocenters. The number of carbonyl (C=O) groups is 1. The number of amides is 1. The molecule has 1 amide bonds. The summed E-state index contributed by atoms with van der Waals surface area (Å²) in [5, 5.41) is 10.6. The smallest absolute Gasteiger partial charge is 0.345 e. The first-order valence-electron chi connectivity index (χ1n) is 8.11. The summed E-state index contributed by atoms with van der Waals surface area (Å²) in [4.78, 5) is 19.3. The number of hydrogen-bond acceptors (Lipinski definition) is 4. The number of fused-ring (bicyclic) bond motifs is 2. The van der Waals surface area contributed by atoms with Crippen LogP contribution in [0.3, 0.4) is 0 Å². The zero-order chi connectivity index (χ0) is 18.3. The molecular formula is C16H15F3N6O. The largest absolute Gasteiger partial charge is 0.393 e.